The van der Waals surface area contributed by atoms with Crippen LogP contribution >= 0.6 is 11.3 Å². The zero-order chi connectivity index (χ0) is 22.6. The second kappa shape index (κ2) is 9.54. The van der Waals surface area contributed by atoms with Crippen molar-refractivity contribution >= 4 is 38.9 Å². The summed E-state index contributed by atoms with van der Waals surface area (Å²) in [6, 6.07) is 17.1. The molecule has 1 amide bonds. The maximum Gasteiger partial charge on any atom is 0.340 e. The summed E-state index contributed by atoms with van der Waals surface area (Å²) in [6.07, 6.45) is 2.78. The van der Waals surface area contributed by atoms with Crippen molar-refractivity contribution in [1.82, 2.24) is 5.32 Å². The Balaban J connectivity index is 1.39. The van der Waals surface area contributed by atoms with E-state index in [1.54, 1.807) is 23.6 Å². The first kappa shape index (κ1) is 22.0. The molecule has 0 saturated carbocycles. The Morgan fingerprint density at radius 2 is 1.81 bits per heavy atom. The number of amides is 1. The molecule has 166 valence electrons. The number of rotatable bonds is 7. The molecule has 0 unspecified atom stereocenters. The maximum absolute atomic E-state index is 12.6. The molecule has 0 spiro atoms. The largest absolute Gasteiger partial charge is 0.452 e. The van der Waals surface area contributed by atoms with Gasteiger partial charge in [0.05, 0.1) is 17.3 Å². The number of ether oxygens (including phenoxy) is 1. The SMILES string of the molecule is O=C(COC(=O)c1ccccc1NS(=O)(=O)c1cccs1)N[C@H]1CCCc2ccccc21. The molecule has 0 fully saturated rings. The van der Waals surface area contributed by atoms with Crippen LogP contribution in [-0.2, 0) is 26.0 Å². The minimum absolute atomic E-state index is 0.0310. The van der Waals surface area contributed by atoms with E-state index in [-0.39, 0.29) is 21.5 Å². The minimum atomic E-state index is -3.82. The molecule has 7 nitrogen and oxygen atoms in total. The highest BCUT2D eigenvalue weighted by atomic mass is 32.2. The van der Waals surface area contributed by atoms with Crippen LogP contribution < -0.4 is 10.0 Å². The maximum atomic E-state index is 12.6. The molecule has 1 aliphatic rings. The van der Waals surface area contributed by atoms with Crippen LogP contribution in [0.25, 0.3) is 0 Å². The fourth-order valence-electron chi connectivity index (χ4n) is 3.71. The van der Waals surface area contributed by atoms with Crippen molar-refractivity contribution in [2.24, 2.45) is 0 Å². The van der Waals surface area contributed by atoms with E-state index in [4.69, 9.17) is 4.74 Å². The van der Waals surface area contributed by atoms with Crippen molar-refractivity contribution in [3.63, 3.8) is 0 Å². The number of aryl methyl sites for hydroxylation is 1. The second-order valence-electron chi connectivity index (χ2n) is 7.37. The zero-order valence-electron chi connectivity index (χ0n) is 17.1. The molecule has 3 aromatic rings. The Hall–Kier alpha value is -3.17. The molecule has 1 aliphatic carbocycles. The molecule has 0 bridgehead atoms. The van der Waals surface area contributed by atoms with Gasteiger partial charge in [-0.1, -0.05) is 42.5 Å². The van der Waals surface area contributed by atoms with Crippen molar-refractivity contribution in [2.75, 3.05) is 11.3 Å². The van der Waals surface area contributed by atoms with Crippen LogP contribution in [0.5, 0.6) is 0 Å². The van der Waals surface area contributed by atoms with Gasteiger partial charge in [-0.2, -0.15) is 0 Å². The Morgan fingerprint density at radius 1 is 1.03 bits per heavy atom. The van der Waals surface area contributed by atoms with E-state index in [1.165, 1.54) is 23.8 Å². The van der Waals surface area contributed by atoms with Gasteiger partial charge < -0.3 is 10.1 Å². The summed E-state index contributed by atoms with van der Waals surface area (Å²) in [5.41, 5.74) is 2.43. The summed E-state index contributed by atoms with van der Waals surface area (Å²) in [6.45, 7) is -0.455. The molecule has 1 atom stereocenters. The van der Waals surface area contributed by atoms with Crippen LogP contribution in [0.15, 0.2) is 70.3 Å². The molecule has 4 rings (SSSR count). The highest BCUT2D eigenvalue weighted by Gasteiger charge is 2.23. The number of esters is 1. The van der Waals surface area contributed by atoms with Crippen molar-refractivity contribution < 1.29 is 22.7 Å². The first-order valence-electron chi connectivity index (χ1n) is 10.1. The number of fused-ring (bicyclic) bond motifs is 1. The number of anilines is 1. The molecule has 2 N–H and O–H groups in total. The topological polar surface area (TPSA) is 102 Å². The van der Waals surface area contributed by atoms with E-state index in [1.807, 2.05) is 18.2 Å². The number of benzene rings is 2. The molecule has 2 aromatic carbocycles. The zero-order valence-corrected chi connectivity index (χ0v) is 18.7. The summed E-state index contributed by atoms with van der Waals surface area (Å²) in [4.78, 5) is 25.0. The van der Waals surface area contributed by atoms with Gasteiger partial charge in [-0.3, -0.25) is 9.52 Å². The van der Waals surface area contributed by atoms with E-state index in [9.17, 15) is 18.0 Å². The van der Waals surface area contributed by atoms with Gasteiger partial charge >= 0.3 is 5.97 Å². The molecule has 1 aromatic heterocycles. The van der Waals surface area contributed by atoms with Gasteiger partial charge in [-0.25, -0.2) is 13.2 Å². The number of nitrogens with one attached hydrogen (secondary N) is 2. The van der Waals surface area contributed by atoms with Crippen molar-refractivity contribution in [1.29, 1.82) is 0 Å². The monoisotopic (exact) mass is 470 g/mol. The fraction of sp³-hybridized carbons (Fsp3) is 0.217. The molecule has 1 heterocycles. The minimum Gasteiger partial charge on any atom is -0.452 e. The number of hydrogen-bond acceptors (Lipinski definition) is 6. The van der Waals surface area contributed by atoms with E-state index < -0.39 is 28.5 Å². The third-order valence-electron chi connectivity index (χ3n) is 5.19. The lowest BCUT2D eigenvalue weighted by Gasteiger charge is -2.26. The standard InChI is InChI=1S/C23H22N2O5S2/c26-21(24-19-12-5-8-16-7-1-2-9-17(16)19)15-30-23(27)18-10-3-4-11-20(18)25-32(28,29)22-13-6-14-31-22/h1-4,6-7,9-11,13-14,19,25H,5,8,12,15H2,(H,24,26)/t19-/m0/s1. The number of para-hydroxylation sites is 1. The van der Waals surface area contributed by atoms with Crippen LogP contribution in [0.1, 0.15) is 40.4 Å². The summed E-state index contributed by atoms with van der Waals surface area (Å²) in [7, 11) is -3.82. The van der Waals surface area contributed by atoms with Gasteiger partial charge in [0.1, 0.15) is 4.21 Å². The van der Waals surface area contributed by atoms with Crippen molar-refractivity contribution in [3.8, 4) is 0 Å². The Morgan fingerprint density at radius 3 is 2.62 bits per heavy atom. The third-order valence-corrected chi connectivity index (χ3v) is 7.95. The average Bonchev–Trinajstić information content (AvgIpc) is 3.34. The first-order chi connectivity index (χ1) is 15.4. The van der Waals surface area contributed by atoms with Gasteiger partial charge in [0.15, 0.2) is 6.61 Å². The van der Waals surface area contributed by atoms with E-state index in [2.05, 4.69) is 16.1 Å². The highest BCUT2D eigenvalue weighted by Crippen LogP contribution is 2.29. The molecule has 9 heteroatoms. The Labute approximate surface area is 190 Å². The average molecular weight is 471 g/mol. The third kappa shape index (κ3) is 5.00. The van der Waals surface area contributed by atoms with Crippen LogP contribution in [0.3, 0.4) is 0 Å². The van der Waals surface area contributed by atoms with Crippen molar-refractivity contribution in [3.05, 3.63) is 82.7 Å². The number of hydrogen-bond donors (Lipinski definition) is 2. The van der Waals surface area contributed by atoms with Crippen molar-refractivity contribution in [2.45, 2.75) is 29.5 Å². The predicted octanol–water partition coefficient (Wildman–Crippen LogP) is 3.90. The van der Waals surface area contributed by atoms with Gasteiger partial charge in [-0.15, -0.1) is 11.3 Å². The summed E-state index contributed by atoms with van der Waals surface area (Å²) in [5.74, 6) is -1.19. The lowest BCUT2D eigenvalue weighted by atomic mass is 9.88. The van der Waals surface area contributed by atoms with Gasteiger partial charge in [-0.05, 0) is 54.0 Å². The smallest absolute Gasteiger partial charge is 0.340 e. The van der Waals surface area contributed by atoms with E-state index in [0.717, 1.165) is 36.2 Å². The Kier molecular flexibility index (Phi) is 6.57. The summed E-state index contributed by atoms with van der Waals surface area (Å²) < 4.78 is 32.7. The molecule has 32 heavy (non-hydrogen) atoms. The van der Waals surface area contributed by atoms with Crippen LogP contribution in [-0.4, -0.2) is 26.9 Å². The van der Waals surface area contributed by atoms with Crippen LogP contribution in [0.2, 0.25) is 0 Å². The quantitative estimate of drug-likeness (QED) is 0.510. The van der Waals surface area contributed by atoms with Gasteiger partial charge in [0.2, 0.25) is 0 Å². The molecular weight excluding hydrogens is 448 g/mol. The molecular formula is C23H22N2O5S2. The fourth-order valence-corrected chi connectivity index (χ4v) is 5.78. The number of carbonyl (C=O) groups excluding carboxylic acids is 2. The lowest BCUT2D eigenvalue weighted by Crippen LogP contribution is -2.34. The first-order valence-corrected chi connectivity index (χ1v) is 12.5. The number of carbonyl (C=O) groups is 2. The normalized spacial score (nSPS) is 15.4. The van der Waals surface area contributed by atoms with E-state index in [0.29, 0.717) is 0 Å². The summed E-state index contributed by atoms with van der Waals surface area (Å²) >= 11 is 1.07. The van der Waals surface area contributed by atoms with Gasteiger partial charge in [0, 0.05) is 0 Å². The molecule has 0 saturated heterocycles. The van der Waals surface area contributed by atoms with E-state index >= 15 is 0 Å². The highest BCUT2D eigenvalue weighted by molar-refractivity contribution is 7.94. The predicted molar refractivity (Wildman–Crippen MR) is 122 cm³/mol. The molecule has 0 aliphatic heterocycles. The number of thiophene rings is 1. The second-order valence-corrected chi connectivity index (χ2v) is 10.2. The van der Waals surface area contributed by atoms with Gasteiger partial charge in [0.25, 0.3) is 15.9 Å². The number of sulfonamides is 1. The van der Waals surface area contributed by atoms with Crippen LogP contribution in [0, 0.1) is 0 Å². The Bertz CT molecular complexity index is 1220. The summed E-state index contributed by atoms with van der Waals surface area (Å²) in [5, 5.41) is 4.58. The van der Waals surface area contributed by atoms with Crippen LogP contribution in [0.4, 0.5) is 5.69 Å². The molecule has 0 radical (unpaired) electrons. The lowest BCUT2D eigenvalue weighted by molar-refractivity contribution is -0.125.